The topological polar surface area (TPSA) is 61.5 Å². The zero-order valence-electron chi connectivity index (χ0n) is 11.6. The van der Waals surface area contributed by atoms with Gasteiger partial charge in [0.15, 0.2) is 6.61 Å². The molecular formula is C16H21NO3. The number of carbonyl (C=O) groups is 1. The van der Waals surface area contributed by atoms with Gasteiger partial charge in [-0.3, -0.25) is 0 Å². The molecular weight excluding hydrogens is 254 g/mol. The lowest BCUT2D eigenvalue weighted by Crippen LogP contribution is -2.22. The Morgan fingerprint density at radius 1 is 1.30 bits per heavy atom. The lowest BCUT2D eigenvalue weighted by atomic mass is 9.90. The maximum atomic E-state index is 11.7. The molecule has 2 N–H and O–H groups in total. The standard InChI is InChI=1S/C16H21NO3/c17-14-2-1-3-15(8-14)19-10-16(18)20-9-13-7-11-4-5-12(13)6-11/h1-3,8,11-13H,4-7,9-10,17H2. The molecule has 0 saturated heterocycles. The molecule has 0 aromatic heterocycles. The van der Waals surface area contributed by atoms with Crippen LogP contribution in [0.1, 0.15) is 25.7 Å². The molecule has 4 heteroatoms. The van der Waals surface area contributed by atoms with Crippen LogP contribution in [-0.2, 0) is 9.53 Å². The Labute approximate surface area is 119 Å². The van der Waals surface area contributed by atoms with E-state index in [9.17, 15) is 4.79 Å². The third kappa shape index (κ3) is 3.06. The van der Waals surface area contributed by atoms with E-state index in [0.717, 1.165) is 11.8 Å². The van der Waals surface area contributed by atoms with Crippen LogP contribution in [0.4, 0.5) is 5.69 Å². The average Bonchev–Trinajstić information content (AvgIpc) is 3.05. The molecule has 3 atom stereocenters. The molecule has 2 aliphatic rings. The molecule has 3 unspecified atom stereocenters. The summed E-state index contributed by atoms with van der Waals surface area (Å²) in [5.74, 6) is 2.54. The van der Waals surface area contributed by atoms with E-state index in [4.69, 9.17) is 15.2 Å². The van der Waals surface area contributed by atoms with Crippen LogP contribution < -0.4 is 10.5 Å². The molecule has 0 spiro atoms. The van der Waals surface area contributed by atoms with Crippen molar-refractivity contribution in [2.75, 3.05) is 18.9 Å². The van der Waals surface area contributed by atoms with Crippen molar-refractivity contribution in [1.82, 2.24) is 0 Å². The predicted molar refractivity (Wildman–Crippen MR) is 76.2 cm³/mol. The fourth-order valence-corrected chi connectivity index (χ4v) is 3.57. The number of benzene rings is 1. The van der Waals surface area contributed by atoms with Crippen LogP contribution in [0.15, 0.2) is 24.3 Å². The van der Waals surface area contributed by atoms with E-state index in [1.165, 1.54) is 25.7 Å². The minimum atomic E-state index is -0.296. The molecule has 0 amide bonds. The summed E-state index contributed by atoms with van der Waals surface area (Å²) < 4.78 is 10.7. The van der Waals surface area contributed by atoms with Crippen LogP contribution in [0.5, 0.6) is 5.75 Å². The van der Waals surface area contributed by atoms with E-state index in [1.807, 2.05) is 0 Å². The SMILES string of the molecule is Nc1cccc(OCC(=O)OCC2CC3CCC2C3)c1. The van der Waals surface area contributed by atoms with Crippen LogP contribution in [0, 0.1) is 17.8 Å². The van der Waals surface area contributed by atoms with Crippen LogP contribution in [0.25, 0.3) is 0 Å². The number of nitrogens with two attached hydrogens (primary N) is 1. The largest absolute Gasteiger partial charge is 0.482 e. The van der Waals surface area contributed by atoms with Gasteiger partial charge in [-0.05, 0) is 49.1 Å². The molecule has 3 rings (SSSR count). The van der Waals surface area contributed by atoms with E-state index < -0.39 is 0 Å². The molecule has 1 aromatic carbocycles. The van der Waals surface area contributed by atoms with Crippen LogP contribution in [-0.4, -0.2) is 19.2 Å². The van der Waals surface area contributed by atoms with Crippen LogP contribution in [0.3, 0.4) is 0 Å². The highest BCUT2D eigenvalue weighted by atomic mass is 16.6. The van der Waals surface area contributed by atoms with Gasteiger partial charge in [0.1, 0.15) is 5.75 Å². The van der Waals surface area contributed by atoms with Crippen molar-refractivity contribution in [1.29, 1.82) is 0 Å². The summed E-state index contributed by atoms with van der Waals surface area (Å²) in [5.41, 5.74) is 6.27. The Kier molecular flexibility index (Phi) is 3.81. The fraction of sp³-hybridized carbons (Fsp3) is 0.562. The number of carbonyl (C=O) groups excluding carboxylic acids is 1. The molecule has 4 nitrogen and oxygen atoms in total. The number of esters is 1. The van der Waals surface area contributed by atoms with Gasteiger partial charge in [0.05, 0.1) is 6.61 Å². The Morgan fingerprint density at radius 2 is 2.20 bits per heavy atom. The summed E-state index contributed by atoms with van der Waals surface area (Å²) in [6, 6.07) is 7.05. The Morgan fingerprint density at radius 3 is 2.90 bits per heavy atom. The highest BCUT2D eigenvalue weighted by Gasteiger charge is 2.39. The van der Waals surface area contributed by atoms with Gasteiger partial charge in [-0.1, -0.05) is 12.5 Å². The van der Waals surface area contributed by atoms with Crippen molar-refractivity contribution < 1.29 is 14.3 Å². The predicted octanol–water partition coefficient (Wildman–Crippen LogP) is 2.63. The van der Waals surface area contributed by atoms with Gasteiger partial charge >= 0.3 is 5.97 Å². The maximum Gasteiger partial charge on any atom is 0.344 e. The summed E-state index contributed by atoms with van der Waals surface area (Å²) >= 11 is 0. The van der Waals surface area contributed by atoms with Gasteiger partial charge in [-0.2, -0.15) is 0 Å². The second-order valence-corrected chi connectivity index (χ2v) is 5.98. The Bertz CT molecular complexity index is 488. The minimum absolute atomic E-state index is 0.0513. The third-order valence-electron chi connectivity index (χ3n) is 4.56. The first kappa shape index (κ1) is 13.3. The van der Waals surface area contributed by atoms with Gasteiger partial charge in [-0.25, -0.2) is 4.79 Å². The highest BCUT2D eigenvalue weighted by Crippen LogP contribution is 2.48. The first-order valence-electron chi connectivity index (χ1n) is 7.34. The summed E-state index contributed by atoms with van der Waals surface area (Å²) in [5, 5.41) is 0. The van der Waals surface area contributed by atoms with Crippen molar-refractivity contribution in [3.8, 4) is 5.75 Å². The van der Waals surface area contributed by atoms with E-state index in [-0.39, 0.29) is 12.6 Å². The number of nitrogen functional groups attached to an aromatic ring is 1. The number of rotatable bonds is 5. The van der Waals surface area contributed by atoms with Crippen molar-refractivity contribution >= 4 is 11.7 Å². The number of fused-ring (bicyclic) bond motifs is 2. The summed E-state index contributed by atoms with van der Waals surface area (Å²) in [6.45, 7) is 0.505. The smallest absolute Gasteiger partial charge is 0.344 e. The van der Waals surface area contributed by atoms with Gasteiger partial charge in [0, 0.05) is 11.8 Å². The van der Waals surface area contributed by atoms with E-state index in [0.29, 0.717) is 24.0 Å². The summed E-state index contributed by atoms with van der Waals surface area (Å²) in [7, 11) is 0. The molecule has 2 aliphatic carbocycles. The highest BCUT2D eigenvalue weighted by molar-refractivity contribution is 5.71. The van der Waals surface area contributed by atoms with Gasteiger partial charge < -0.3 is 15.2 Å². The van der Waals surface area contributed by atoms with Crippen molar-refractivity contribution in [3.63, 3.8) is 0 Å². The number of ether oxygens (including phenoxy) is 2. The fourth-order valence-electron chi connectivity index (χ4n) is 3.57. The summed E-state index contributed by atoms with van der Waals surface area (Å²) in [4.78, 5) is 11.7. The van der Waals surface area contributed by atoms with Crippen molar-refractivity contribution in [2.45, 2.75) is 25.7 Å². The first-order chi connectivity index (χ1) is 9.70. The van der Waals surface area contributed by atoms with E-state index >= 15 is 0 Å². The van der Waals surface area contributed by atoms with Crippen LogP contribution >= 0.6 is 0 Å². The molecule has 108 valence electrons. The second kappa shape index (κ2) is 5.73. The van der Waals surface area contributed by atoms with Crippen molar-refractivity contribution in [3.05, 3.63) is 24.3 Å². The van der Waals surface area contributed by atoms with E-state index in [2.05, 4.69) is 0 Å². The monoisotopic (exact) mass is 275 g/mol. The van der Waals surface area contributed by atoms with Crippen molar-refractivity contribution in [2.24, 2.45) is 17.8 Å². The molecule has 20 heavy (non-hydrogen) atoms. The molecule has 0 aliphatic heterocycles. The third-order valence-corrected chi connectivity index (χ3v) is 4.56. The van der Waals surface area contributed by atoms with Gasteiger partial charge in [0.2, 0.25) is 0 Å². The first-order valence-corrected chi connectivity index (χ1v) is 7.34. The number of hydrogen-bond acceptors (Lipinski definition) is 4. The maximum absolute atomic E-state index is 11.7. The normalized spacial score (nSPS) is 27.5. The zero-order chi connectivity index (χ0) is 13.9. The van der Waals surface area contributed by atoms with E-state index in [1.54, 1.807) is 24.3 Å². The lowest BCUT2D eigenvalue weighted by molar-refractivity contribution is -0.147. The molecule has 0 radical (unpaired) electrons. The van der Waals surface area contributed by atoms with Gasteiger partial charge in [0.25, 0.3) is 0 Å². The number of anilines is 1. The van der Waals surface area contributed by atoms with Crippen LogP contribution in [0.2, 0.25) is 0 Å². The average molecular weight is 275 g/mol. The molecule has 2 saturated carbocycles. The minimum Gasteiger partial charge on any atom is -0.482 e. The lowest BCUT2D eigenvalue weighted by Gasteiger charge is -2.21. The summed E-state index contributed by atoms with van der Waals surface area (Å²) in [6.07, 6.45) is 5.25. The zero-order valence-corrected chi connectivity index (χ0v) is 11.6. The molecule has 2 fully saturated rings. The van der Waals surface area contributed by atoms with Gasteiger partial charge in [-0.15, -0.1) is 0 Å². The molecule has 2 bridgehead atoms. The Balaban J connectivity index is 1.39. The Hall–Kier alpha value is -1.71. The molecule has 0 heterocycles. The number of hydrogen-bond donors (Lipinski definition) is 1. The molecule has 1 aromatic rings. The second-order valence-electron chi connectivity index (χ2n) is 5.98. The quantitative estimate of drug-likeness (QED) is 0.663.